The van der Waals surface area contributed by atoms with E-state index < -0.39 is 23.3 Å². The van der Waals surface area contributed by atoms with Crippen LogP contribution in [0.25, 0.3) is 11.0 Å². The maximum absolute atomic E-state index is 6.71. The number of aromatic nitrogens is 6. The van der Waals surface area contributed by atoms with Crippen molar-refractivity contribution >= 4 is 22.7 Å². The molecule has 0 amide bonds. The first-order valence-corrected chi connectivity index (χ1v) is 19.1. The number of rotatable bonds is 7. The van der Waals surface area contributed by atoms with E-state index in [-0.39, 0.29) is 35.9 Å². The molecule has 1 spiro atoms. The van der Waals surface area contributed by atoms with Gasteiger partial charge in [-0.1, -0.05) is 51.1 Å². The van der Waals surface area contributed by atoms with Gasteiger partial charge in [0.15, 0.2) is 23.2 Å². The second-order valence-electron chi connectivity index (χ2n) is 15.9. The van der Waals surface area contributed by atoms with Crippen LogP contribution in [-0.4, -0.2) is 83.5 Å². The minimum atomic E-state index is -0.749. The minimum absolute atomic E-state index is 0.0746. The third-order valence-corrected chi connectivity index (χ3v) is 11.7. The third kappa shape index (κ3) is 6.64. The fourth-order valence-electron chi connectivity index (χ4n) is 8.59. The zero-order valence-electron chi connectivity index (χ0n) is 32.5. The Balaban J connectivity index is 0.000000155. The molecule has 55 heavy (non-hydrogen) atoms. The zero-order chi connectivity index (χ0) is 38.8. The lowest BCUT2D eigenvalue weighted by Crippen LogP contribution is -2.57. The molecule has 294 valence electrons. The Bertz CT molecular complexity index is 2120. The molecule has 4 aliphatic rings. The summed E-state index contributed by atoms with van der Waals surface area (Å²) in [6.45, 7) is 15.5. The van der Waals surface area contributed by atoms with E-state index in [0.29, 0.717) is 31.5 Å². The van der Waals surface area contributed by atoms with Gasteiger partial charge in [0, 0.05) is 5.92 Å². The number of ether oxygens (including phenoxy) is 7. The van der Waals surface area contributed by atoms with E-state index in [9.17, 15) is 0 Å². The SMILES string of the molecule is CC1(C)OCC2(CO1)O[C@@H](c1ccc3c(N)ncnn13)[C@@H]1OC(C)(C)O[C@@H]12.CCC1(CC)O[C@@H](c2ccc3c(N)ncnn23)[C@H](OCc2ccccc2)[C@@H]1C. The molecule has 4 N–H and O–H groups in total. The number of hydrogen-bond donors (Lipinski definition) is 2. The lowest BCUT2D eigenvalue weighted by atomic mass is 9.82. The molecule has 0 aliphatic carbocycles. The third-order valence-electron chi connectivity index (χ3n) is 11.7. The predicted octanol–water partition coefficient (Wildman–Crippen LogP) is 5.59. The highest BCUT2D eigenvalue weighted by molar-refractivity contribution is 5.66. The predicted molar refractivity (Wildman–Crippen MR) is 202 cm³/mol. The standard InChI is InChI=1S/C22H28N4O2.C18H24N4O5/c1-4-22(5-2)15(3)19(27-13-16-9-7-6-8-10-16)20(28-22)17-11-12-18-21(23)24-14-25-26(17)18;1-16(2)23-7-18(8-24-16)14-13(25-17(3,4)27-14)12(26-18)10-5-6-11-15(19)20-9-21-22(10)11/h6-12,14-15,19-20H,4-5,13H2,1-3H3,(H2,23,24,25);5-6,9,12-14H,7-8H2,1-4H3,(H2,19,20,21)/t15-,19+,20-;12-,13-,14-/m00/s1. The molecule has 0 radical (unpaired) electrons. The number of nitrogens with two attached hydrogens (primary N) is 2. The zero-order valence-corrected chi connectivity index (χ0v) is 32.5. The van der Waals surface area contributed by atoms with Gasteiger partial charge in [0.1, 0.15) is 53.7 Å². The van der Waals surface area contributed by atoms with Crippen LogP contribution in [0.1, 0.15) is 90.5 Å². The first-order valence-electron chi connectivity index (χ1n) is 19.1. The monoisotopic (exact) mass is 756 g/mol. The van der Waals surface area contributed by atoms with Crippen LogP contribution in [0, 0.1) is 5.92 Å². The van der Waals surface area contributed by atoms with Crippen molar-refractivity contribution in [1.82, 2.24) is 29.2 Å². The molecule has 9 rings (SSSR count). The highest BCUT2D eigenvalue weighted by Crippen LogP contribution is 2.52. The van der Waals surface area contributed by atoms with Crippen molar-refractivity contribution in [1.29, 1.82) is 0 Å². The summed E-state index contributed by atoms with van der Waals surface area (Å²) in [5, 5.41) is 8.75. The van der Waals surface area contributed by atoms with E-state index in [4.69, 9.17) is 44.6 Å². The van der Waals surface area contributed by atoms with Gasteiger partial charge in [0.25, 0.3) is 0 Å². The van der Waals surface area contributed by atoms with Gasteiger partial charge >= 0.3 is 0 Å². The number of benzene rings is 1. The molecule has 4 fully saturated rings. The molecule has 4 saturated heterocycles. The maximum Gasteiger partial charge on any atom is 0.164 e. The number of nitrogen functional groups attached to an aromatic ring is 2. The maximum atomic E-state index is 6.71. The molecule has 0 bridgehead atoms. The second kappa shape index (κ2) is 14.1. The molecule has 6 atom stereocenters. The molecule has 8 heterocycles. The average molecular weight is 757 g/mol. The first-order chi connectivity index (χ1) is 26.3. The summed E-state index contributed by atoms with van der Waals surface area (Å²) in [6.07, 6.45) is 3.46. The van der Waals surface area contributed by atoms with Crippen LogP contribution in [0.4, 0.5) is 11.6 Å². The number of hydrogen-bond acceptors (Lipinski definition) is 13. The summed E-state index contributed by atoms with van der Waals surface area (Å²) in [6, 6.07) is 18.1. The van der Waals surface area contributed by atoms with Gasteiger partial charge in [-0.2, -0.15) is 10.2 Å². The van der Waals surface area contributed by atoms with Gasteiger partial charge in [-0.25, -0.2) is 19.0 Å². The van der Waals surface area contributed by atoms with Gasteiger partial charge in [-0.3, -0.25) is 0 Å². The quantitative estimate of drug-likeness (QED) is 0.210. The Hall–Kier alpha value is -4.22. The van der Waals surface area contributed by atoms with Crippen molar-refractivity contribution < 1.29 is 33.2 Å². The molecule has 1 aromatic carbocycles. The summed E-state index contributed by atoms with van der Waals surface area (Å²) >= 11 is 0. The van der Waals surface area contributed by atoms with Crippen LogP contribution >= 0.6 is 0 Å². The molecule has 0 saturated carbocycles. The molecule has 0 unspecified atom stereocenters. The van der Waals surface area contributed by atoms with E-state index in [1.807, 2.05) is 74.7 Å². The van der Waals surface area contributed by atoms with E-state index in [0.717, 1.165) is 40.8 Å². The molecule has 15 heteroatoms. The van der Waals surface area contributed by atoms with Crippen molar-refractivity contribution in [2.45, 2.75) is 121 Å². The van der Waals surface area contributed by atoms with E-state index in [1.54, 1.807) is 4.52 Å². The van der Waals surface area contributed by atoms with Crippen LogP contribution in [0.2, 0.25) is 0 Å². The summed E-state index contributed by atoms with van der Waals surface area (Å²) < 4.78 is 47.5. The Morgan fingerprint density at radius 3 is 1.89 bits per heavy atom. The van der Waals surface area contributed by atoms with Gasteiger partial charge in [-0.05, 0) is 70.4 Å². The Morgan fingerprint density at radius 2 is 1.31 bits per heavy atom. The molecular weight excluding hydrogens is 704 g/mol. The van der Waals surface area contributed by atoms with E-state index >= 15 is 0 Å². The van der Waals surface area contributed by atoms with Crippen molar-refractivity contribution in [3.8, 4) is 0 Å². The normalized spacial score (nSPS) is 28.7. The van der Waals surface area contributed by atoms with Crippen molar-refractivity contribution in [3.63, 3.8) is 0 Å². The summed E-state index contributed by atoms with van der Waals surface area (Å²) in [5.41, 5.74) is 15.5. The summed E-state index contributed by atoms with van der Waals surface area (Å²) in [4.78, 5) is 8.14. The lowest BCUT2D eigenvalue weighted by Gasteiger charge is -2.43. The number of anilines is 2. The van der Waals surface area contributed by atoms with Gasteiger partial charge in [0.2, 0.25) is 0 Å². The Kier molecular flexibility index (Phi) is 9.64. The Labute approximate surface area is 320 Å². The van der Waals surface area contributed by atoms with Crippen molar-refractivity contribution in [3.05, 3.63) is 84.2 Å². The molecule has 4 aromatic heterocycles. The second-order valence-corrected chi connectivity index (χ2v) is 15.9. The van der Waals surface area contributed by atoms with Crippen molar-refractivity contribution in [2.24, 2.45) is 5.92 Å². The molecule has 4 aliphatic heterocycles. The van der Waals surface area contributed by atoms with Crippen LogP contribution < -0.4 is 11.5 Å². The van der Waals surface area contributed by atoms with Gasteiger partial charge < -0.3 is 44.6 Å². The van der Waals surface area contributed by atoms with Gasteiger partial charge in [-0.15, -0.1) is 0 Å². The minimum Gasteiger partial charge on any atom is -0.382 e. The molecule has 15 nitrogen and oxygen atoms in total. The fraction of sp³-hybridized carbons (Fsp3) is 0.550. The lowest BCUT2D eigenvalue weighted by molar-refractivity contribution is -0.327. The van der Waals surface area contributed by atoms with Crippen LogP contribution in [-0.2, 0) is 39.8 Å². The highest BCUT2D eigenvalue weighted by Gasteiger charge is 2.65. The average Bonchev–Trinajstić information content (AvgIpc) is 3.98. The first kappa shape index (κ1) is 37.7. The largest absolute Gasteiger partial charge is 0.382 e. The number of nitrogens with zero attached hydrogens (tertiary/aromatic N) is 6. The van der Waals surface area contributed by atoms with Gasteiger partial charge in [0.05, 0.1) is 42.9 Å². The Morgan fingerprint density at radius 1 is 0.727 bits per heavy atom. The van der Waals surface area contributed by atoms with Crippen LogP contribution in [0.5, 0.6) is 0 Å². The topological polar surface area (TPSA) is 177 Å². The molecular formula is C40H52N8O7. The fourth-order valence-corrected chi connectivity index (χ4v) is 8.59. The van der Waals surface area contributed by atoms with Crippen LogP contribution in [0.15, 0.2) is 67.3 Å². The summed E-state index contributed by atoms with van der Waals surface area (Å²) in [7, 11) is 0. The van der Waals surface area contributed by atoms with Crippen LogP contribution in [0.3, 0.4) is 0 Å². The number of fused-ring (bicyclic) bond motifs is 4. The smallest absolute Gasteiger partial charge is 0.164 e. The molecule has 5 aromatic rings. The summed E-state index contributed by atoms with van der Waals surface area (Å²) in [5.74, 6) is -0.248. The highest BCUT2D eigenvalue weighted by atomic mass is 16.8. The van der Waals surface area contributed by atoms with E-state index in [1.165, 1.54) is 12.7 Å². The van der Waals surface area contributed by atoms with E-state index in [2.05, 4.69) is 53.1 Å². The van der Waals surface area contributed by atoms with Crippen molar-refractivity contribution in [2.75, 3.05) is 24.7 Å².